The summed E-state index contributed by atoms with van der Waals surface area (Å²) in [5.74, 6) is 0.345. The van der Waals surface area contributed by atoms with Crippen molar-refractivity contribution in [1.29, 1.82) is 0 Å². The van der Waals surface area contributed by atoms with E-state index in [1.807, 2.05) is 20.8 Å². The number of aromatic nitrogens is 1. The molecule has 15 heavy (non-hydrogen) atoms. The molecule has 0 amide bonds. The fraction of sp³-hybridized carbons (Fsp3) is 0.600. The van der Waals surface area contributed by atoms with Crippen molar-refractivity contribution >= 4 is 11.9 Å². The van der Waals surface area contributed by atoms with E-state index in [0.717, 1.165) is 0 Å². The van der Waals surface area contributed by atoms with Gasteiger partial charge in [-0.25, -0.2) is 9.78 Å². The van der Waals surface area contributed by atoms with Gasteiger partial charge in [-0.1, -0.05) is 20.8 Å². The van der Waals surface area contributed by atoms with E-state index in [0.29, 0.717) is 11.8 Å². The highest BCUT2D eigenvalue weighted by Crippen LogP contribution is 2.26. The molecule has 0 saturated carbocycles. The van der Waals surface area contributed by atoms with Crippen LogP contribution in [0.25, 0.3) is 0 Å². The van der Waals surface area contributed by atoms with Crippen LogP contribution < -0.4 is 5.32 Å². The Hall–Kier alpha value is -1.52. The maximum atomic E-state index is 11.3. The number of carbonyl (C=O) groups is 1. The summed E-state index contributed by atoms with van der Waals surface area (Å²) in [4.78, 5) is 15.5. The molecule has 0 aliphatic carbocycles. The third kappa shape index (κ3) is 2.29. The Labute approximate surface area is 88.8 Å². The first-order chi connectivity index (χ1) is 6.90. The Morgan fingerprint density at radius 2 is 2.07 bits per heavy atom. The first-order valence-electron chi connectivity index (χ1n) is 4.67. The van der Waals surface area contributed by atoms with E-state index in [9.17, 15) is 4.79 Å². The SMILES string of the molecule is CNc1oc(C(C)(C)C)nc1C(=O)OC. The normalized spacial score (nSPS) is 11.3. The van der Waals surface area contributed by atoms with Gasteiger partial charge >= 0.3 is 5.97 Å². The molecule has 0 spiro atoms. The summed E-state index contributed by atoms with van der Waals surface area (Å²) in [5.41, 5.74) is -0.0531. The number of nitrogens with zero attached hydrogens (tertiary/aromatic N) is 1. The monoisotopic (exact) mass is 212 g/mol. The average molecular weight is 212 g/mol. The molecule has 0 radical (unpaired) electrons. The standard InChI is InChI=1S/C10H16N2O3/c1-10(2,3)9-12-6(8(13)14-5)7(11-4)15-9/h11H,1-5H3. The Morgan fingerprint density at radius 3 is 2.47 bits per heavy atom. The highest BCUT2D eigenvalue weighted by molar-refractivity contribution is 5.92. The molecule has 0 bridgehead atoms. The van der Waals surface area contributed by atoms with Crippen LogP contribution in [0.3, 0.4) is 0 Å². The second-order valence-electron chi connectivity index (χ2n) is 4.19. The minimum atomic E-state index is -0.501. The third-order valence-electron chi connectivity index (χ3n) is 1.87. The lowest BCUT2D eigenvalue weighted by Crippen LogP contribution is -2.12. The molecule has 5 heteroatoms. The summed E-state index contributed by atoms with van der Waals surface area (Å²) in [6, 6.07) is 0. The first-order valence-corrected chi connectivity index (χ1v) is 4.67. The van der Waals surface area contributed by atoms with E-state index >= 15 is 0 Å². The van der Waals surface area contributed by atoms with Gasteiger partial charge in [-0.3, -0.25) is 0 Å². The smallest absolute Gasteiger partial charge is 0.362 e. The molecule has 0 aromatic carbocycles. The van der Waals surface area contributed by atoms with Crippen molar-refractivity contribution in [3.63, 3.8) is 0 Å². The number of hydrogen-bond donors (Lipinski definition) is 1. The van der Waals surface area contributed by atoms with Crippen molar-refractivity contribution in [3.05, 3.63) is 11.6 Å². The molecular weight excluding hydrogens is 196 g/mol. The van der Waals surface area contributed by atoms with E-state index in [1.165, 1.54) is 7.11 Å². The number of nitrogens with one attached hydrogen (secondary N) is 1. The van der Waals surface area contributed by atoms with Crippen LogP contribution in [0.1, 0.15) is 37.2 Å². The van der Waals surface area contributed by atoms with Gasteiger partial charge in [-0.2, -0.15) is 0 Å². The number of ether oxygens (including phenoxy) is 1. The van der Waals surface area contributed by atoms with Gasteiger partial charge in [0.15, 0.2) is 0 Å². The zero-order valence-electron chi connectivity index (χ0n) is 9.67. The molecular formula is C10H16N2O3. The van der Waals surface area contributed by atoms with Crippen molar-refractivity contribution in [2.75, 3.05) is 19.5 Å². The summed E-state index contributed by atoms with van der Waals surface area (Å²) in [7, 11) is 2.98. The molecule has 0 unspecified atom stereocenters. The van der Waals surface area contributed by atoms with Crippen molar-refractivity contribution in [3.8, 4) is 0 Å². The van der Waals surface area contributed by atoms with E-state index in [2.05, 4.69) is 15.0 Å². The van der Waals surface area contributed by atoms with Gasteiger partial charge < -0.3 is 14.5 Å². The second-order valence-corrected chi connectivity index (χ2v) is 4.19. The lowest BCUT2D eigenvalue weighted by atomic mass is 9.97. The van der Waals surface area contributed by atoms with E-state index in [1.54, 1.807) is 7.05 Å². The Bertz CT molecular complexity index is 363. The molecule has 0 saturated heterocycles. The molecule has 1 aromatic heterocycles. The lowest BCUT2D eigenvalue weighted by Gasteiger charge is -2.11. The number of hydrogen-bond acceptors (Lipinski definition) is 5. The number of anilines is 1. The third-order valence-corrected chi connectivity index (χ3v) is 1.87. The van der Waals surface area contributed by atoms with Gasteiger partial charge in [0.2, 0.25) is 17.5 Å². The highest BCUT2D eigenvalue weighted by Gasteiger charge is 2.26. The van der Waals surface area contributed by atoms with Gasteiger partial charge in [0.05, 0.1) is 7.11 Å². The van der Waals surface area contributed by atoms with Crippen LogP contribution in [0.4, 0.5) is 5.88 Å². The van der Waals surface area contributed by atoms with Crippen molar-refractivity contribution in [1.82, 2.24) is 4.98 Å². The van der Waals surface area contributed by atoms with Gasteiger partial charge in [-0.05, 0) is 0 Å². The van der Waals surface area contributed by atoms with Gasteiger partial charge in [0, 0.05) is 12.5 Å². The zero-order chi connectivity index (χ0) is 11.6. The summed E-state index contributed by atoms with van der Waals surface area (Å²) in [5, 5.41) is 2.77. The van der Waals surface area contributed by atoms with E-state index < -0.39 is 5.97 Å². The van der Waals surface area contributed by atoms with Crippen molar-refractivity contribution < 1.29 is 13.9 Å². The average Bonchev–Trinajstić information content (AvgIpc) is 2.59. The number of methoxy groups -OCH3 is 1. The van der Waals surface area contributed by atoms with Gasteiger partial charge in [0.1, 0.15) is 0 Å². The van der Waals surface area contributed by atoms with Crippen LogP contribution in [0.2, 0.25) is 0 Å². The molecule has 0 aliphatic heterocycles. The van der Waals surface area contributed by atoms with Crippen LogP contribution >= 0.6 is 0 Å². The molecule has 1 aromatic rings. The maximum Gasteiger partial charge on any atom is 0.362 e. The highest BCUT2D eigenvalue weighted by atomic mass is 16.5. The molecule has 0 atom stereocenters. The van der Waals surface area contributed by atoms with Gasteiger partial charge in [-0.15, -0.1) is 0 Å². The Kier molecular flexibility index (Phi) is 3.02. The summed E-state index contributed by atoms with van der Waals surface area (Å²) < 4.78 is 10.0. The molecule has 1 N–H and O–H groups in total. The van der Waals surface area contributed by atoms with Crippen molar-refractivity contribution in [2.45, 2.75) is 26.2 Å². The van der Waals surface area contributed by atoms with Crippen LogP contribution in [0.5, 0.6) is 0 Å². The minimum absolute atomic E-state index is 0.185. The van der Waals surface area contributed by atoms with E-state index in [4.69, 9.17) is 4.42 Å². The van der Waals surface area contributed by atoms with Crippen LogP contribution in [-0.4, -0.2) is 25.1 Å². The Balaban J connectivity index is 3.17. The number of carbonyl (C=O) groups excluding carboxylic acids is 1. The van der Waals surface area contributed by atoms with E-state index in [-0.39, 0.29) is 11.1 Å². The largest absolute Gasteiger partial charge is 0.464 e. The maximum absolute atomic E-state index is 11.3. The molecule has 0 aliphatic rings. The number of oxazole rings is 1. The quantitative estimate of drug-likeness (QED) is 0.757. The molecule has 1 rings (SSSR count). The molecule has 84 valence electrons. The van der Waals surface area contributed by atoms with Crippen LogP contribution in [-0.2, 0) is 10.2 Å². The number of rotatable bonds is 2. The fourth-order valence-corrected chi connectivity index (χ4v) is 1.05. The van der Waals surface area contributed by atoms with Gasteiger partial charge in [0.25, 0.3) is 0 Å². The van der Waals surface area contributed by atoms with Crippen LogP contribution in [0, 0.1) is 0 Å². The zero-order valence-corrected chi connectivity index (χ0v) is 9.67. The summed E-state index contributed by atoms with van der Waals surface area (Å²) >= 11 is 0. The fourth-order valence-electron chi connectivity index (χ4n) is 1.05. The lowest BCUT2D eigenvalue weighted by molar-refractivity contribution is 0.0595. The first kappa shape index (κ1) is 11.6. The summed E-state index contributed by atoms with van der Waals surface area (Å²) in [6.07, 6.45) is 0. The molecule has 5 nitrogen and oxygen atoms in total. The Morgan fingerprint density at radius 1 is 1.47 bits per heavy atom. The predicted molar refractivity (Wildman–Crippen MR) is 56.1 cm³/mol. The number of esters is 1. The summed E-state index contributed by atoms with van der Waals surface area (Å²) in [6.45, 7) is 5.87. The molecule has 1 heterocycles. The van der Waals surface area contributed by atoms with Crippen LogP contribution in [0.15, 0.2) is 4.42 Å². The predicted octanol–water partition coefficient (Wildman–Crippen LogP) is 1.80. The molecule has 0 fully saturated rings. The topological polar surface area (TPSA) is 64.4 Å². The second kappa shape index (κ2) is 3.92. The van der Waals surface area contributed by atoms with Crippen molar-refractivity contribution in [2.24, 2.45) is 0 Å². The minimum Gasteiger partial charge on any atom is -0.464 e.